The summed E-state index contributed by atoms with van der Waals surface area (Å²) in [4.78, 5) is 11.8. The number of carbonyl (C=O) groups excluding carboxylic acids is 1. The van der Waals surface area contributed by atoms with Crippen molar-refractivity contribution in [3.63, 3.8) is 0 Å². The van der Waals surface area contributed by atoms with E-state index in [-0.39, 0.29) is 18.3 Å². The number of Topliss-reactive ketones (excluding diaryl/α,β-unsaturated/α-hetero) is 1. The summed E-state index contributed by atoms with van der Waals surface area (Å²) in [6, 6.07) is 5.67. The second kappa shape index (κ2) is 6.21. The Labute approximate surface area is 112 Å². The summed E-state index contributed by atoms with van der Waals surface area (Å²) in [7, 11) is 0. The average molecular weight is 268 g/mol. The van der Waals surface area contributed by atoms with Gasteiger partial charge >= 0.3 is 0 Å². The highest BCUT2D eigenvalue weighted by molar-refractivity contribution is 6.33. The van der Waals surface area contributed by atoms with Crippen molar-refractivity contribution in [3.8, 4) is 0 Å². The number of benzene rings is 1. The Kier molecular flexibility index (Phi) is 4.61. The monoisotopic (exact) mass is 267 g/mol. The lowest BCUT2D eigenvalue weighted by Gasteiger charge is -2.12. The maximum atomic E-state index is 11.8. The summed E-state index contributed by atoms with van der Waals surface area (Å²) in [5, 5.41) is 0.586. The van der Waals surface area contributed by atoms with Crippen molar-refractivity contribution in [3.05, 3.63) is 28.8 Å². The number of anilines is 1. The van der Waals surface area contributed by atoms with E-state index < -0.39 is 0 Å². The first-order valence-corrected chi connectivity index (χ1v) is 6.69. The number of rotatable bonds is 3. The van der Waals surface area contributed by atoms with Crippen LogP contribution in [0.5, 0.6) is 0 Å². The number of hydrogen-bond acceptors (Lipinski definition) is 3. The minimum Gasteiger partial charge on any atom is -0.398 e. The van der Waals surface area contributed by atoms with Gasteiger partial charge in [-0.3, -0.25) is 4.79 Å². The molecule has 0 aliphatic carbocycles. The second-order valence-corrected chi connectivity index (χ2v) is 5.16. The highest BCUT2D eigenvalue weighted by Gasteiger charge is 2.20. The third-order valence-corrected chi connectivity index (χ3v) is 3.71. The lowest BCUT2D eigenvalue weighted by molar-refractivity contribution is -0.126. The molecule has 18 heavy (non-hydrogen) atoms. The van der Waals surface area contributed by atoms with Crippen molar-refractivity contribution >= 4 is 23.1 Å². The smallest absolute Gasteiger partial charge is 0.161 e. The largest absolute Gasteiger partial charge is 0.398 e. The Hall–Kier alpha value is -1.06. The van der Waals surface area contributed by atoms with Crippen LogP contribution >= 0.6 is 11.6 Å². The van der Waals surface area contributed by atoms with Gasteiger partial charge in [0, 0.05) is 12.5 Å². The number of halogens is 1. The summed E-state index contributed by atoms with van der Waals surface area (Å²) >= 11 is 5.98. The molecular formula is C14H18ClNO2. The van der Waals surface area contributed by atoms with Crippen molar-refractivity contribution in [2.24, 2.45) is 5.92 Å². The fourth-order valence-electron chi connectivity index (χ4n) is 2.26. The van der Waals surface area contributed by atoms with Crippen LogP contribution in [0.4, 0.5) is 5.69 Å². The third-order valence-electron chi connectivity index (χ3n) is 3.39. The average Bonchev–Trinajstić information content (AvgIpc) is 2.56. The van der Waals surface area contributed by atoms with Crippen molar-refractivity contribution in [1.29, 1.82) is 0 Å². The van der Waals surface area contributed by atoms with E-state index in [0.29, 0.717) is 17.3 Å². The van der Waals surface area contributed by atoms with Crippen LogP contribution in [-0.4, -0.2) is 19.0 Å². The fraction of sp³-hybridized carbons (Fsp3) is 0.500. The third kappa shape index (κ3) is 3.47. The molecule has 0 aromatic heterocycles. The summed E-state index contributed by atoms with van der Waals surface area (Å²) in [5.41, 5.74) is 7.40. The molecule has 0 radical (unpaired) electrons. The number of nitrogens with two attached hydrogens (primary N) is 1. The summed E-state index contributed by atoms with van der Waals surface area (Å²) in [6.07, 6.45) is 3.62. The van der Waals surface area contributed by atoms with E-state index in [1.54, 1.807) is 0 Å². The minimum absolute atomic E-state index is 0.129. The Morgan fingerprint density at radius 2 is 2.28 bits per heavy atom. The van der Waals surface area contributed by atoms with Crippen LogP contribution in [0.15, 0.2) is 18.2 Å². The number of ketones is 1. The molecule has 1 atom stereocenters. The number of ether oxygens (including phenoxy) is 1. The van der Waals surface area contributed by atoms with Crippen LogP contribution in [-0.2, 0) is 16.0 Å². The standard InChI is InChI=1S/C14H18ClNO2/c15-12-8-10(4-6-13(12)16)3-5-11-2-1-7-18-9-14(11)17/h4,6,8,11H,1-3,5,7,9,16H2. The molecule has 4 heteroatoms. The molecule has 1 saturated heterocycles. The van der Waals surface area contributed by atoms with E-state index in [4.69, 9.17) is 22.1 Å². The van der Waals surface area contributed by atoms with Crippen LogP contribution in [0, 0.1) is 5.92 Å². The molecule has 2 rings (SSSR count). The molecular weight excluding hydrogens is 250 g/mol. The summed E-state index contributed by atoms with van der Waals surface area (Å²) < 4.78 is 5.24. The molecule has 2 N–H and O–H groups in total. The first-order valence-electron chi connectivity index (χ1n) is 6.31. The molecule has 1 aromatic carbocycles. The van der Waals surface area contributed by atoms with E-state index >= 15 is 0 Å². The fourth-order valence-corrected chi connectivity index (χ4v) is 2.46. The molecule has 0 saturated carbocycles. The van der Waals surface area contributed by atoms with E-state index in [1.165, 1.54) is 0 Å². The SMILES string of the molecule is Nc1ccc(CCC2CCCOCC2=O)cc1Cl. The van der Waals surface area contributed by atoms with Crippen molar-refractivity contribution in [2.75, 3.05) is 18.9 Å². The Balaban J connectivity index is 1.93. The number of carbonyl (C=O) groups is 1. The lowest BCUT2D eigenvalue weighted by Crippen LogP contribution is -2.17. The molecule has 1 heterocycles. The van der Waals surface area contributed by atoms with Crippen LogP contribution in [0.1, 0.15) is 24.8 Å². The lowest BCUT2D eigenvalue weighted by atomic mass is 9.92. The molecule has 0 amide bonds. The zero-order valence-corrected chi connectivity index (χ0v) is 11.1. The first kappa shape index (κ1) is 13.4. The molecule has 98 valence electrons. The van der Waals surface area contributed by atoms with Crippen molar-refractivity contribution < 1.29 is 9.53 Å². The van der Waals surface area contributed by atoms with Gasteiger partial charge in [0.1, 0.15) is 6.61 Å². The number of nitrogen functional groups attached to an aromatic ring is 1. The Morgan fingerprint density at radius 1 is 1.44 bits per heavy atom. The molecule has 3 nitrogen and oxygen atoms in total. The van der Waals surface area contributed by atoms with Gasteiger partial charge in [-0.15, -0.1) is 0 Å². The predicted octanol–water partition coefficient (Wildman–Crippen LogP) is 2.85. The zero-order valence-electron chi connectivity index (χ0n) is 10.3. The molecule has 1 aromatic rings. The molecule has 1 fully saturated rings. The maximum absolute atomic E-state index is 11.8. The quantitative estimate of drug-likeness (QED) is 0.857. The van der Waals surface area contributed by atoms with Gasteiger partial charge in [-0.2, -0.15) is 0 Å². The van der Waals surface area contributed by atoms with E-state index in [1.807, 2.05) is 18.2 Å². The molecule has 1 aliphatic heterocycles. The number of aryl methyl sites for hydroxylation is 1. The topological polar surface area (TPSA) is 52.3 Å². The van der Waals surface area contributed by atoms with Gasteiger partial charge < -0.3 is 10.5 Å². The Bertz CT molecular complexity index is 434. The predicted molar refractivity (Wildman–Crippen MR) is 72.7 cm³/mol. The van der Waals surface area contributed by atoms with Gasteiger partial charge in [0.25, 0.3) is 0 Å². The normalized spacial score (nSPS) is 20.7. The van der Waals surface area contributed by atoms with E-state index in [0.717, 1.165) is 31.2 Å². The van der Waals surface area contributed by atoms with Gasteiger partial charge in [0.05, 0.1) is 10.7 Å². The number of hydrogen-bond donors (Lipinski definition) is 1. The maximum Gasteiger partial charge on any atom is 0.161 e. The van der Waals surface area contributed by atoms with Gasteiger partial charge in [-0.05, 0) is 43.4 Å². The molecule has 0 bridgehead atoms. The van der Waals surface area contributed by atoms with E-state index in [2.05, 4.69) is 0 Å². The highest BCUT2D eigenvalue weighted by atomic mass is 35.5. The Morgan fingerprint density at radius 3 is 3.06 bits per heavy atom. The highest BCUT2D eigenvalue weighted by Crippen LogP contribution is 2.23. The van der Waals surface area contributed by atoms with Gasteiger partial charge in [0.15, 0.2) is 5.78 Å². The van der Waals surface area contributed by atoms with E-state index in [9.17, 15) is 4.79 Å². The van der Waals surface area contributed by atoms with Gasteiger partial charge in [-0.25, -0.2) is 0 Å². The van der Waals surface area contributed by atoms with Crippen molar-refractivity contribution in [1.82, 2.24) is 0 Å². The van der Waals surface area contributed by atoms with Crippen LogP contribution in [0.25, 0.3) is 0 Å². The second-order valence-electron chi connectivity index (χ2n) is 4.75. The minimum atomic E-state index is 0.129. The van der Waals surface area contributed by atoms with Crippen LogP contribution < -0.4 is 5.73 Å². The summed E-state index contributed by atoms with van der Waals surface area (Å²) in [6.45, 7) is 0.975. The summed E-state index contributed by atoms with van der Waals surface area (Å²) in [5.74, 6) is 0.359. The molecule has 1 unspecified atom stereocenters. The first-order chi connectivity index (χ1) is 8.66. The van der Waals surface area contributed by atoms with Gasteiger partial charge in [0.2, 0.25) is 0 Å². The molecule has 1 aliphatic rings. The molecule has 0 spiro atoms. The van der Waals surface area contributed by atoms with Crippen molar-refractivity contribution in [2.45, 2.75) is 25.7 Å². The van der Waals surface area contributed by atoms with Crippen LogP contribution in [0.2, 0.25) is 5.02 Å². The van der Waals surface area contributed by atoms with Crippen LogP contribution in [0.3, 0.4) is 0 Å². The van der Waals surface area contributed by atoms with Gasteiger partial charge in [-0.1, -0.05) is 17.7 Å². The zero-order chi connectivity index (χ0) is 13.0.